The molecule has 0 radical (unpaired) electrons. The summed E-state index contributed by atoms with van der Waals surface area (Å²) in [6, 6.07) is 2.23. The topological polar surface area (TPSA) is 0 Å². The molecule has 1 heteroatoms. The molecule has 0 aliphatic carbocycles. The lowest BCUT2D eigenvalue weighted by molar-refractivity contribution is 1.28. The van der Waals surface area contributed by atoms with Gasteiger partial charge in [-0.05, 0) is 50.0 Å². The van der Waals surface area contributed by atoms with Crippen LogP contribution in [-0.4, -0.2) is 0 Å². The summed E-state index contributed by atoms with van der Waals surface area (Å²) in [5.41, 5.74) is 3.77. The molecule has 0 aromatic carbocycles. The normalized spacial score (nSPS) is 12.1. The molecule has 0 bridgehead atoms. The molecule has 0 N–H and O–H groups in total. The predicted octanol–water partition coefficient (Wildman–Crippen LogP) is 5.46. The van der Waals surface area contributed by atoms with Crippen LogP contribution in [0, 0.1) is 13.8 Å². The van der Waals surface area contributed by atoms with Gasteiger partial charge >= 0.3 is 0 Å². The van der Waals surface area contributed by atoms with Crippen molar-refractivity contribution in [1.29, 1.82) is 0 Å². The van der Waals surface area contributed by atoms with Crippen LogP contribution in [0.25, 0.3) is 5.57 Å². The predicted molar refractivity (Wildman–Crippen MR) is 80.5 cm³/mol. The molecule has 0 aliphatic rings. The molecule has 0 saturated carbocycles. The number of thiophene rings is 1. The van der Waals surface area contributed by atoms with Crippen LogP contribution in [0.1, 0.15) is 28.7 Å². The van der Waals surface area contributed by atoms with Crippen molar-refractivity contribution in [3.63, 3.8) is 0 Å². The first kappa shape index (κ1) is 13.7. The first-order chi connectivity index (χ1) is 8.08. The Hall–Kier alpha value is -1.34. The van der Waals surface area contributed by atoms with E-state index >= 15 is 0 Å². The maximum atomic E-state index is 4.20. The highest BCUT2D eigenvalue weighted by Crippen LogP contribution is 2.30. The van der Waals surface area contributed by atoms with Crippen molar-refractivity contribution < 1.29 is 0 Å². The van der Waals surface area contributed by atoms with Gasteiger partial charge in [-0.2, -0.15) is 0 Å². The highest BCUT2D eigenvalue weighted by molar-refractivity contribution is 7.12. The monoisotopic (exact) mass is 244 g/mol. The van der Waals surface area contributed by atoms with Crippen molar-refractivity contribution in [1.82, 2.24) is 0 Å². The maximum Gasteiger partial charge on any atom is 0.00920 e. The summed E-state index contributed by atoms with van der Waals surface area (Å²) in [7, 11) is 0. The molecule has 0 fully saturated rings. The van der Waals surface area contributed by atoms with Crippen LogP contribution in [-0.2, 0) is 0 Å². The minimum absolute atomic E-state index is 0.901. The van der Waals surface area contributed by atoms with E-state index in [9.17, 15) is 0 Å². The van der Waals surface area contributed by atoms with Gasteiger partial charge in [-0.3, -0.25) is 0 Å². The first-order valence-electron chi connectivity index (χ1n) is 5.78. The Kier molecular flexibility index (Phi) is 5.17. The van der Waals surface area contributed by atoms with Gasteiger partial charge < -0.3 is 0 Å². The standard InChI is InChI=1S/C16H20S/c1-6-8-9-15(7-2)10-12(3)16-11-13(4)17-14(16)5/h6-9,11H,1,3,10H2,2,4-5H3/b9-8-,15-7+. The number of allylic oxidation sites excluding steroid dienone is 6. The number of aryl methyl sites for hydroxylation is 2. The minimum atomic E-state index is 0.901. The molecule has 0 aliphatic heterocycles. The Labute approximate surface area is 109 Å². The molecule has 0 saturated heterocycles. The number of hydrogen-bond acceptors (Lipinski definition) is 1. The van der Waals surface area contributed by atoms with Crippen molar-refractivity contribution >= 4 is 16.9 Å². The second-order valence-corrected chi connectivity index (χ2v) is 5.53. The largest absolute Gasteiger partial charge is 0.145 e. The maximum absolute atomic E-state index is 4.20. The molecule has 0 atom stereocenters. The van der Waals surface area contributed by atoms with Crippen molar-refractivity contribution in [3.8, 4) is 0 Å². The molecule has 1 rings (SSSR count). The number of hydrogen-bond donors (Lipinski definition) is 0. The van der Waals surface area contributed by atoms with E-state index in [-0.39, 0.29) is 0 Å². The zero-order valence-electron chi connectivity index (χ0n) is 10.9. The molecule has 1 aromatic heterocycles. The van der Waals surface area contributed by atoms with E-state index in [4.69, 9.17) is 0 Å². The van der Waals surface area contributed by atoms with E-state index in [1.54, 1.807) is 6.08 Å². The van der Waals surface area contributed by atoms with E-state index < -0.39 is 0 Å². The van der Waals surface area contributed by atoms with E-state index in [2.05, 4.69) is 52.1 Å². The molecule has 0 unspecified atom stereocenters. The van der Waals surface area contributed by atoms with Gasteiger partial charge in [0.05, 0.1) is 0 Å². The van der Waals surface area contributed by atoms with E-state index in [0.717, 1.165) is 6.42 Å². The summed E-state index contributed by atoms with van der Waals surface area (Å²) in [6.45, 7) is 14.2. The fourth-order valence-electron chi connectivity index (χ4n) is 1.77. The van der Waals surface area contributed by atoms with Gasteiger partial charge in [0.2, 0.25) is 0 Å². The van der Waals surface area contributed by atoms with Crippen molar-refractivity contribution in [2.45, 2.75) is 27.2 Å². The lowest BCUT2D eigenvalue weighted by atomic mass is 9.99. The summed E-state index contributed by atoms with van der Waals surface area (Å²) < 4.78 is 0. The summed E-state index contributed by atoms with van der Waals surface area (Å²) >= 11 is 1.84. The average Bonchev–Trinajstić information content (AvgIpc) is 2.63. The second kappa shape index (κ2) is 6.41. The lowest BCUT2D eigenvalue weighted by Gasteiger charge is -2.06. The molecule has 90 valence electrons. The Morgan fingerprint density at radius 3 is 2.59 bits per heavy atom. The van der Waals surface area contributed by atoms with Crippen molar-refractivity contribution in [2.75, 3.05) is 0 Å². The van der Waals surface area contributed by atoms with Crippen LogP contribution in [0.2, 0.25) is 0 Å². The average molecular weight is 244 g/mol. The zero-order chi connectivity index (χ0) is 12.8. The van der Waals surface area contributed by atoms with Crippen LogP contribution >= 0.6 is 11.3 Å². The summed E-state index contributed by atoms with van der Waals surface area (Å²) in [5.74, 6) is 0. The highest BCUT2D eigenvalue weighted by atomic mass is 32.1. The molecule has 0 spiro atoms. The second-order valence-electron chi connectivity index (χ2n) is 4.07. The Morgan fingerprint density at radius 2 is 2.12 bits per heavy atom. The third-order valence-corrected chi connectivity index (χ3v) is 3.62. The minimum Gasteiger partial charge on any atom is -0.145 e. The smallest absolute Gasteiger partial charge is 0.00920 e. The molecule has 17 heavy (non-hydrogen) atoms. The number of rotatable bonds is 5. The Morgan fingerprint density at radius 1 is 1.41 bits per heavy atom. The molecule has 1 heterocycles. The first-order valence-corrected chi connectivity index (χ1v) is 6.59. The van der Waals surface area contributed by atoms with Crippen molar-refractivity contribution in [2.24, 2.45) is 0 Å². The van der Waals surface area contributed by atoms with E-state index in [0.29, 0.717) is 0 Å². The summed E-state index contributed by atoms with van der Waals surface area (Å²) in [6.07, 6.45) is 8.88. The highest BCUT2D eigenvalue weighted by Gasteiger charge is 2.07. The van der Waals surface area contributed by atoms with Gasteiger partial charge in [0.15, 0.2) is 0 Å². The van der Waals surface area contributed by atoms with E-state index in [1.807, 2.05) is 17.4 Å². The lowest BCUT2D eigenvalue weighted by Crippen LogP contribution is -1.85. The van der Waals surface area contributed by atoms with Crippen LogP contribution < -0.4 is 0 Å². The fourth-order valence-corrected chi connectivity index (χ4v) is 2.75. The Bertz CT molecular complexity index is 470. The van der Waals surface area contributed by atoms with Gasteiger partial charge in [-0.1, -0.05) is 37.5 Å². The zero-order valence-corrected chi connectivity index (χ0v) is 11.7. The van der Waals surface area contributed by atoms with Crippen LogP contribution in [0.15, 0.2) is 49.1 Å². The molecular weight excluding hydrogens is 224 g/mol. The van der Waals surface area contributed by atoms with Gasteiger partial charge in [0.1, 0.15) is 0 Å². The third kappa shape index (κ3) is 3.86. The molecule has 0 amide bonds. The van der Waals surface area contributed by atoms with E-state index in [1.165, 1.54) is 26.5 Å². The summed E-state index contributed by atoms with van der Waals surface area (Å²) in [4.78, 5) is 2.71. The van der Waals surface area contributed by atoms with Gasteiger partial charge in [0.25, 0.3) is 0 Å². The Balaban J connectivity index is 2.82. The van der Waals surface area contributed by atoms with Crippen molar-refractivity contribution in [3.05, 3.63) is 64.4 Å². The third-order valence-electron chi connectivity index (χ3n) is 2.66. The van der Waals surface area contributed by atoms with Gasteiger partial charge in [-0.25, -0.2) is 0 Å². The molecule has 0 nitrogen and oxygen atoms in total. The van der Waals surface area contributed by atoms with Crippen LogP contribution in [0.3, 0.4) is 0 Å². The quantitative estimate of drug-likeness (QED) is 0.604. The van der Waals surface area contributed by atoms with Gasteiger partial charge in [-0.15, -0.1) is 11.3 Å². The SMILES string of the molecule is C=C/C=C\C(=C/C)CC(=C)c1cc(C)sc1C. The summed E-state index contributed by atoms with van der Waals surface area (Å²) in [5, 5.41) is 0. The molecular formula is C16H20S. The van der Waals surface area contributed by atoms with Crippen LogP contribution in [0.4, 0.5) is 0 Å². The van der Waals surface area contributed by atoms with Crippen LogP contribution in [0.5, 0.6) is 0 Å². The fraction of sp³-hybridized carbons (Fsp3) is 0.250. The van der Waals surface area contributed by atoms with Gasteiger partial charge in [0, 0.05) is 9.75 Å². The molecule has 1 aromatic rings.